The first-order valence-electron chi connectivity index (χ1n) is 4.89. The number of hydrogen-bond donors (Lipinski definition) is 0. The molecule has 0 saturated carbocycles. The van der Waals surface area contributed by atoms with Crippen LogP contribution in [0.4, 0.5) is 0 Å². The fourth-order valence-corrected chi connectivity index (χ4v) is 1.43. The van der Waals surface area contributed by atoms with E-state index >= 15 is 0 Å². The van der Waals surface area contributed by atoms with Gasteiger partial charge in [0.2, 0.25) is 0 Å². The monoisotopic (exact) mass is 171 g/mol. The second kappa shape index (κ2) is 5.43. The van der Waals surface area contributed by atoms with Crippen molar-refractivity contribution in [3.05, 3.63) is 41.8 Å². The fraction of sp³-hybridized carbons (Fsp3) is 0.385. The molecule has 0 aliphatic heterocycles. The van der Waals surface area contributed by atoms with Crippen molar-refractivity contribution in [3.63, 3.8) is 0 Å². The quantitative estimate of drug-likeness (QED) is 0.481. The predicted molar refractivity (Wildman–Crippen MR) is 55.9 cm³/mol. The van der Waals surface area contributed by atoms with Gasteiger partial charge < -0.3 is 0 Å². The summed E-state index contributed by atoms with van der Waals surface area (Å²) in [7, 11) is 0. The first-order chi connectivity index (χ1) is 6.38. The lowest BCUT2D eigenvalue weighted by molar-refractivity contribution is 0.717. The van der Waals surface area contributed by atoms with Crippen molar-refractivity contribution in [2.75, 3.05) is 0 Å². The molecule has 0 saturated heterocycles. The minimum atomic E-state index is 0.943. The van der Waals surface area contributed by atoms with E-state index in [1.54, 1.807) is 0 Å². The summed E-state index contributed by atoms with van der Waals surface area (Å²) in [5.74, 6) is 2.47. The lowest BCUT2D eigenvalue weighted by atomic mass is 10.0. The maximum absolute atomic E-state index is 7.11. The normalized spacial score (nSPS) is 9.54. The van der Waals surface area contributed by atoms with Crippen LogP contribution in [-0.4, -0.2) is 0 Å². The van der Waals surface area contributed by atoms with Crippen LogP contribution < -0.4 is 0 Å². The fourth-order valence-electron chi connectivity index (χ4n) is 1.43. The molecular weight excluding hydrogens is 156 g/mol. The number of benzene rings is 1. The highest BCUT2D eigenvalue weighted by atomic mass is 14.0. The van der Waals surface area contributed by atoms with Crippen LogP contribution in [0.3, 0.4) is 0 Å². The molecule has 0 aromatic heterocycles. The Hall–Kier alpha value is -1.22. The maximum Gasteiger partial charge on any atom is 0.0287 e. The van der Waals surface area contributed by atoms with Gasteiger partial charge >= 0.3 is 0 Å². The number of hydrogen-bond acceptors (Lipinski definition) is 0. The molecule has 1 aromatic rings. The summed E-state index contributed by atoms with van der Waals surface area (Å²) in [6.45, 7) is 2.20. The van der Waals surface area contributed by atoms with Crippen molar-refractivity contribution in [2.45, 2.75) is 32.6 Å². The molecule has 0 bridgehead atoms. The molecule has 0 aliphatic carbocycles. The summed E-state index contributed by atoms with van der Waals surface area (Å²) < 4.78 is 0. The van der Waals surface area contributed by atoms with E-state index < -0.39 is 0 Å². The van der Waals surface area contributed by atoms with Crippen LogP contribution >= 0.6 is 0 Å². The van der Waals surface area contributed by atoms with Crippen LogP contribution in [0.1, 0.15) is 37.3 Å². The molecule has 1 aromatic carbocycles. The van der Waals surface area contributed by atoms with E-state index in [2.05, 4.69) is 18.9 Å². The van der Waals surface area contributed by atoms with Gasteiger partial charge in [-0.25, -0.2) is 0 Å². The van der Waals surface area contributed by atoms with Gasteiger partial charge in [0.05, 0.1) is 0 Å². The number of aryl methyl sites for hydroxylation is 1. The topological polar surface area (TPSA) is 0 Å². The average Bonchev–Trinajstić information content (AvgIpc) is 2.19. The highest BCUT2D eigenvalue weighted by Crippen LogP contribution is 2.11. The molecule has 13 heavy (non-hydrogen) atoms. The van der Waals surface area contributed by atoms with Crippen LogP contribution in [0.25, 0.3) is 0 Å². The Morgan fingerprint density at radius 2 is 2.00 bits per heavy atom. The second-order valence-corrected chi connectivity index (χ2v) is 3.24. The third-order valence-electron chi connectivity index (χ3n) is 2.20. The average molecular weight is 171 g/mol. The first kappa shape index (κ1) is 9.86. The van der Waals surface area contributed by atoms with Gasteiger partial charge in [-0.15, -0.1) is 0 Å². The van der Waals surface area contributed by atoms with E-state index in [-0.39, 0.29) is 0 Å². The van der Waals surface area contributed by atoms with Crippen molar-refractivity contribution < 1.29 is 0 Å². The zero-order valence-electron chi connectivity index (χ0n) is 8.14. The summed E-state index contributed by atoms with van der Waals surface area (Å²) >= 11 is 0. The number of unbranched alkanes of at least 4 members (excludes halogenated alkanes) is 2. The molecule has 0 aliphatic rings. The Morgan fingerprint density at radius 3 is 2.69 bits per heavy atom. The second-order valence-electron chi connectivity index (χ2n) is 3.24. The molecule has 0 heteroatoms. The lowest BCUT2D eigenvalue weighted by Gasteiger charge is -2.02. The van der Waals surface area contributed by atoms with Crippen molar-refractivity contribution in [1.29, 1.82) is 0 Å². The SMILES string of the molecule is [C]#Cc1ccccc1CCCCC. The molecule has 0 unspecified atom stereocenters. The van der Waals surface area contributed by atoms with Crippen LogP contribution in [0, 0.1) is 12.3 Å². The molecule has 0 nitrogen and oxygen atoms in total. The Bertz CT molecular complexity index is 291. The van der Waals surface area contributed by atoms with E-state index in [4.69, 9.17) is 6.42 Å². The first-order valence-corrected chi connectivity index (χ1v) is 4.89. The van der Waals surface area contributed by atoms with E-state index in [0.29, 0.717) is 0 Å². The van der Waals surface area contributed by atoms with Crippen LogP contribution in [0.15, 0.2) is 24.3 Å². The smallest absolute Gasteiger partial charge is 0.0287 e. The Kier molecular flexibility index (Phi) is 4.12. The predicted octanol–water partition coefficient (Wildman–Crippen LogP) is 3.36. The zero-order valence-corrected chi connectivity index (χ0v) is 8.14. The highest BCUT2D eigenvalue weighted by molar-refractivity contribution is 5.38. The van der Waals surface area contributed by atoms with Gasteiger partial charge in [0, 0.05) is 5.56 Å². The molecule has 0 atom stereocenters. The molecule has 67 valence electrons. The summed E-state index contributed by atoms with van der Waals surface area (Å²) in [6, 6.07) is 8.03. The Labute approximate surface area is 81.0 Å². The summed E-state index contributed by atoms with van der Waals surface area (Å²) in [4.78, 5) is 0. The zero-order chi connectivity index (χ0) is 9.52. The molecule has 1 radical (unpaired) electrons. The summed E-state index contributed by atoms with van der Waals surface area (Å²) in [5, 5.41) is 0. The van der Waals surface area contributed by atoms with Gasteiger partial charge in [-0.2, -0.15) is 0 Å². The van der Waals surface area contributed by atoms with Gasteiger partial charge in [0.1, 0.15) is 0 Å². The molecule has 0 amide bonds. The van der Waals surface area contributed by atoms with Crippen molar-refractivity contribution in [2.24, 2.45) is 0 Å². The molecule has 1 rings (SSSR count). The minimum absolute atomic E-state index is 0.943. The van der Waals surface area contributed by atoms with Gasteiger partial charge in [0.15, 0.2) is 0 Å². The van der Waals surface area contributed by atoms with Crippen LogP contribution in [-0.2, 0) is 6.42 Å². The van der Waals surface area contributed by atoms with Gasteiger partial charge in [0.25, 0.3) is 0 Å². The lowest BCUT2D eigenvalue weighted by Crippen LogP contribution is -1.89. The molecule has 0 spiro atoms. The van der Waals surface area contributed by atoms with E-state index in [1.165, 1.54) is 24.8 Å². The third kappa shape index (κ3) is 2.95. The number of rotatable bonds is 4. The molecular formula is C13H15. The molecule has 0 N–H and O–H groups in total. The standard InChI is InChI=1S/C13H15/c1-3-5-6-10-13-11-8-7-9-12(13)4-2/h7-9,11H,3,5-6,10H2,1H3. The Balaban J connectivity index is 2.60. The van der Waals surface area contributed by atoms with Crippen molar-refractivity contribution in [3.8, 4) is 5.92 Å². The van der Waals surface area contributed by atoms with Gasteiger partial charge in [-0.3, -0.25) is 0 Å². The van der Waals surface area contributed by atoms with Crippen LogP contribution in [0.2, 0.25) is 0 Å². The van der Waals surface area contributed by atoms with Gasteiger partial charge in [-0.05, 0) is 30.9 Å². The van der Waals surface area contributed by atoms with Crippen molar-refractivity contribution in [1.82, 2.24) is 0 Å². The Morgan fingerprint density at radius 1 is 1.23 bits per heavy atom. The van der Waals surface area contributed by atoms with Crippen LogP contribution in [0.5, 0.6) is 0 Å². The van der Waals surface area contributed by atoms with E-state index in [9.17, 15) is 0 Å². The molecule has 0 fully saturated rings. The van der Waals surface area contributed by atoms with E-state index in [0.717, 1.165) is 12.0 Å². The highest BCUT2D eigenvalue weighted by Gasteiger charge is 1.97. The van der Waals surface area contributed by atoms with Crippen molar-refractivity contribution >= 4 is 0 Å². The van der Waals surface area contributed by atoms with E-state index in [1.807, 2.05) is 18.2 Å². The molecule has 0 heterocycles. The largest absolute Gasteiger partial charge is 0.0654 e. The van der Waals surface area contributed by atoms with Gasteiger partial charge in [-0.1, -0.05) is 43.9 Å². The third-order valence-corrected chi connectivity index (χ3v) is 2.20. The summed E-state index contributed by atoms with van der Waals surface area (Å²) in [6.07, 6.45) is 11.9. The summed E-state index contributed by atoms with van der Waals surface area (Å²) in [5.41, 5.74) is 2.20. The maximum atomic E-state index is 7.11. The minimum Gasteiger partial charge on any atom is -0.0654 e.